The predicted octanol–water partition coefficient (Wildman–Crippen LogP) is 17.7. The maximum absolute atomic E-state index is 6.15. The summed E-state index contributed by atoms with van der Waals surface area (Å²) in [6.07, 6.45) is 6.72. The van der Waals surface area contributed by atoms with Crippen LogP contribution in [0, 0.1) is 23.7 Å². The van der Waals surface area contributed by atoms with Crippen molar-refractivity contribution < 1.29 is 4.42 Å². The first-order chi connectivity index (χ1) is 37.6. The molecule has 4 bridgehead atoms. The fraction of sp³-hybridized carbons (Fsp3) is 0.153. The molecule has 76 heavy (non-hydrogen) atoms. The van der Waals surface area contributed by atoms with E-state index in [0.717, 1.165) is 67.0 Å². The Kier molecular flexibility index (Phi) is 8.91. The molecule has 6 aliphatic rings. The molecule has 0 amide bonds. The van der Waals surface area contributed by atoms with Gasteiger partial charge in [-0.2, -0.15) is 0 Å². The molecule has 2 aromatic heterocycles. The zero-order valence-electron chi connectivity index (χ0n) is 42.0. The molecule has 12 aromatic rings. The monoisotopic (exact) mass is 973 g/mol. The lowest BCUT2D eigenvalue weighted by molar-refractivity contribution is -0.0440. The first kappa shape index (κ1) is 42.6. The van der Waals surface area contributed by atoms with E-state index in [-0.39, 0.29) is 5.41 Å². The zero-order chi connectivity index (χ0) is 49.7. The van der Waals surface area contributed by atoms with E-state index in [9.17, 15) is 0 Å². The van der Waals surface area contributed by atoms with Crippen molar-refractivity contribution in [2.75, 3.05) is 0 Å². The van der Waals surface area contributed by atoms with Crippen LogP contribution >= 0.6 is 0 Å². The second kappa shape index (κ2) is 15.9. The third kappa shape index (κ3) is 5.82. The van der Waals surface area contributed by atoms with Crippen LogP contribution in [-0.2, 0) is 10.8 Å². The molecule has 4 fully saturated rings. The van der Waals surface area contributed by atoms with Crippen molar-refractivity contribution in [1.29, 1.82) is 0 Å². The molecule has 10 aromatic carbocycles. The Labute approximate surface area is 441 Å². The molecule has 2 spiro atoms. The molecule has 2 heterocycles. The smallest absolute Gasteiger partial charge is 0.164 e. The Morgan fingerprint density at radius 1 is 0.303 bits per heavy atom. The second-order valence-corrected chi connectivity index (χ2v) is 22.6. The summed E-state index contributed by atoms with van der Waals surface area (Å²) in [4.78, 5) is 15.8. The minimum Gasteiger partial charge on any atom is -0.456 e. The van der Waals surface area contributed by atoms with E-state index >= 15 is 0 Å². The quantitative estimate of drug-likeness (QED) is 0.172. The van der Waals surface area contributed by atoms with Gasteiger partial charge in [-0.05, 0) is 164 Å². The van der Waals surface area contributed by atoms with Crippen molar-refractivity contribution in [3.63, 3.8) is 0 Å². The summed E-state index contributed by atoms with van der Waals surface area (Å²) in [7, 11) is 0. The van der Waals surface area contributed by atoms with Gasteiger partial charge in [-0.3, -0.25) is 0 Å². The third-order valence-electron chi connectivity index (χ3n) is 19.0. The minimum atomic E-state index is -0.416. The molecule has 0 atom stereocenters. The molecule has 0 N–H and O–H groups in total. The first-order valence-electron chi connectivity index (χ1n) is 27.4. The van der Waals surface area contributed by atoms with Gasteiger partial charge in [0, 0.05) is 32.9 Å². The lowest BCUT2D eigenvalue weighted by Crippen LogP contribution is -2.59. The highest BCUT2D eigenvalue weighted by atomic mass is 16.3. The van der Waals surface area contributed by atoms with Gasteiger partial charge in [0.2, 0.25) is 0 Å². The average molecular weight is 974 g/mol. The molecule has 0 aliphatic heterocycles. The minimum absolute atomic E-state index is 0.0571. The van der Waals surface area contributed by atoms with Crippen LogP contribution in [0.4, 0.5) is 0 Å². The van der Waals surface area contributed by atoms with E-state index in [1.165, 1.54) is 82.0 Å². The SMILES string of the molecule is c1ccc(-c2nc(-c3ccc(-c4ccc5oc6ccccc6c5c4)cc3)nc(-c3ccc(-c4ccc5c(c4)C4(c6ccccc6C56c5ccccc5-c5ccccc56)C5CC6CC(C5)CC4C6)c4ccccc34)n2)cc1. The van der Waals surface area contributed by atoms with Gasteiger partial charge in [-0.1, -0.05) is 194 Å². The van der Waals surface area contributed by atoms with Gasteiger partial charge in [-0.25, -0.2) is 15.0 Å². The number of furan rings is 1. The van der Waals surface area contributed by atoms with Gasteiger partial charge in [0.05, 0.1) is 5.41 Å². The lowest BCUT2D eigenvalue weighted by Gasteiger charge is -2.65. The van der Waals surface area contributed by atoms with Crippen LogP contribution in [0.2, 0.25) is 0 Å². The van der Waals surface area contributed by atoms with Crippen LogP contribution in [0.1, 0.15) is 65.5 Å². The Morgan fingerprint density at radius 3 is 1.51 bits per heavy atom. The van der Waals surface area contributed by atoms with Gasteiger partial charge in [0.25, 0.3) is 0 Å². The maximum Gasteiger partial charge on any atom is 0.164 e. The summed E-state index contributed by atoms with van der Waals surface area (Å²) >= 11 is 0. The molecule has 0 radical (unpaired) electrons. The van der Waals surface area contributed by atoms with Gasteiger partial charge in [0.15, 0.2) is 17.5 Å². The van der Waals surface area contributed by atoms with Crippen LogP contribution in [0.3, 0.4) is 0 Å². The highest BCUT2D eigenvalue weighted by Gasteiger charge is 2.64. The van der Waals surface area contributed by atoms with Crippen molar-refractivity contribution in [3.05, 3.63) is 258 Å². The van der Waals surface area contributed by atoms with Crippen molar-refractivity contribution >= 4 is 32.7 Å². The van der Waals surface area contributed by atoms with Crippen molar-refractivity contribution in [2.24, 2.45) is 23.7 Å². The number of benzene rings is 10. The number of hydrogen-bond donors (Lipinski definition) is 0. The Morgan fingerprint density at radius 2 is 0.803 bits per heavy atom. The van der Waals surface area contributed by atoms with Crippen molar-refractivity contribution in [1.82, 2.24) is 15.0 Å². The normalized spacial score (nSPS) is 21.1. The summed E-state index contributed by atoms with van der Waals surface area (Å²) in [6, 6.07) is 83.2. The number of fused-ring (bicyclic) bond motifs is 13. The molecule has 4 saturated carbocycles. The number of para-hydroxylation sites is 1. The second-order valence-electron chi connectivity index (χ2n) is 22.6. The molecular formula is C72H51N3O. The van der Waals surface area contributed by atoms with Gasteiger partial charge >= 0.3 is 0 Å². The predicted molar refractivity (Wildman–Crippen MR) is 307 cm³/mol. The van der Waals surface area contributed by atoms with Crippen molar-refractivity contribution in [2.45, 2.75) is 42.9 Å². The highest BCUT2D eigenvalue weighted by Crippen LogP contribution is 2.71. The summed E-state index contributed by atoms with van der Waals surface area (Å²) in [5.41, 5.74) is 20.6. The molecule has 6 aliphatic carbocycles. The van der Waals surface area contributed by atoms with E-state index in [1.807, 2.05) is 30.3 Å². The summed E-state index contributed by atoms with van der Waals surface area (Å²) in [6.45, 7) is 0. The van der Waals surface area contributed by atoms with E-state index < -0.39 is 5.41 Å². The van der Waals surface area contributed by atoms with Gasteiger partial charge in [0.1, 0.15) is 11.2 Å². The van der Waals surface area contributed by atoms with Crippen LogP contribution in [0.5, 0.6) is 0 Å². The third-order valence-corrected chi connectivity index (χ3v) is 19.0. The molecule has 4 heteroatoms. The number of aromatic nitrogens is 3. The van der Waals surface area contributed by atoms with E-state index in [1.54, 1.807) is 11.1 Å². The van der Waals surface area contributed by atoms with Crippen LogP contribution in [0.25, 0.3) is 100 Å². The summed E-state index contributed by atoms with van der Waals surface area (Å²) in [5.74, 6) is 4.85. The summed E-state index contributed by atoms with van der Waals surface area (Å²) in [5, 5.41) is 4.55. The zero-order valence-corrected chi connectivity index (χ0v) is 42.0. The molecule has 4 nitrogen and oxygen atoms in total. The largest absolute Gasteiger partial charge is 0.456 e. The van der Waals surface area contributed by atoms with Crippen LogP contribution < -0.4 is 0 Å². The highest BCUT2D eigenvalue weighted by molar-refractivity contribution is 6.07. The summed E-state index contributed by atoms with van der Waals surface area (Å²) < 4.78 is 6.15. The van der Waals surface area contributed by atoms with Gasteiger partial charge in [-0.15, -0.1) is 0 Å². The van der Waals surface area contributed by atoms with Gasteiger partial charge < -0.3 is 4.42 Å². The Balaban J connectivity index is 0.831. The topological polar surface area (TPSA) is 51.8 Å². The Bertz CT molecular complexity index is 4300. The number of hydrogen-bond acceptors (Lipinski definition) is 4. The standard InChI is InChI=1S/C72H51N3O/c1-2-14-46(15-3-1)68-73-69(47-28-26-45(27-29-47)48-31-35-67-59(41-48)57-20-8-13-25-66(57)76-67)75-70(74-68)58-33-32-52(53-16-4-5-17-54(53)58)49-30-34-64-65(42-49)71(50-37-43-36-44(39-50)40-51(71)38-43)62-23-11-12-24-63(62)72(64)60-21-9-6-18-55(60)56-19-7-10-22-61(56)72/h1-35,41-44,50-51H,36-40H2. The molecule has 18 rings (SSSR count). The first-order valence-corrected chi connectivity index (χ1v) is 27.4. The molecular weight excluding hydrogens is 923 g/mol. The number of rotatable bonds is 5. The lowest BCUT2D eigenvalue weighted by atomic mass is 9.38. The van der Waals surface area contributed by atoms with E-state index in [0.29, 0.717) is 29.3 Å². The van der Waals surface area contributed by atoms with E-state index in [4.69, 9.17) is 19.4 Å². The Hall–Kier alpha value is -8.73. The number of nitrogens with zero attached hydrogens (tertiary/aromatic N) is 3. The fourth-order valence-electron chi connectivity index (χ4n) is 16.3. The molecule has 0 saturated heterocycles. The molecule has 0 unspecified atom stereocenters. The van der Waals surface area contributed by atoms with Crippen LogP contribution in [0.15, 0.2) is 229 Å². The van der Waals surface area contributed by atoms with E-state index in [2.05, 4.69) is 194 Å². The maximum atomic E-state index is 6.15. The van der Waals surface area contributed by atoms with Crippen LogP contribution in [-0.4, -0.2) is 15.0 Å². The average Bonchev–Trinajstić information content (AvgIpc) is 4.18. The molecule has 360 valence electrons. The van der Waals surface area contributed by atoms with Crippen molar-refractivity contribution in [3.8, 4) is 67.5 Å². The fourth-order valence-corrected chi connectivity index (χ4v) is 16.3.